The van der Waals surface area contributed by atoms with Crippen molar-refractivity contribution in [2.75, 3.05) is 19.1 Å². The van der Waals surface area contributed by atoms with Crippen LogP contribution in [0.2, 0.25) is 0 Å². The topological polar surface area (TPSA) is 76.1 Å². The molecule has 36 heavy (non-hydrogen) atoms. The molecule has 4 aromatic rings. The van der Waals surface area contributed by atoms with E-state index in [1.165, 1.54) is 4.90 Å². The number of anilines is 1. The van der Waals surface area contributed by atoms with Crippen molar-refractivity contribution >= 4 is 44.1 Å². The van der Waals surface area contributed by atoms with Gasteiger partial charge in [-0.25, -0.2) is 0 Å². The van der Waals surface area contributed by atoms with Crippen LogP contribution in [-0.4, -0.2) is 31.0 Å². The van der Waals surface area contributed by atoms with Crippen molar-refractivity contribution in [2.24, 2.45) is 0 Å². The van der Waals surface area contributed by atoms with Crippen molar-refractivity contribution in [2.45, 2.75) is 18.6 Å². The van der Waals surface area contributed by atoms with Crippen molar-refractivity contribution in [1.82, 2.24) is 0 Å². The first kappa shape index (κ1) is 24.0. The summed E-state index contributed by atoms with van der Waals surface area (Å²) in [4.78, 5) is 28.6. The number of halogens is 1. The van der Waals surface area contributed by atoms with E-state index in [-0.39, 0.29) is 18.7 Å². The van der Waals surface area contributed by atoms with Gasteiger partial charge in [0.05, 0.1) is 32.9 Å². The highest BCUT2D eigenvalue weighted by molar-refractivity contribution is 9.10. The predicted molar refractivity (Wildman–Crippen MR) is 142 cm³/mol. The average molecular weight is 546 g/mol. The second-order valence-electron chi connectivity index (χ2n) is 8.76. The molecule has 1 heterocycles. The van der Waals surface area contributed by atoms with Crippen LogP contribution in [0.1, 0.15) is 27.9 Å². The Morgan fingerprint density at radius 2 is 1.67 bits per heavy atom. The maximum Gasteiger partial charge on any atom is 0.264 e. The minimum Gasteiger partial charge on any atom is -0.493 e. The van der Waals surface area contributed by atoms with E-state index in [0.29, 0.717) is 32.8 Å². The van der Waals surface area contributed by atoms with Crippen LogP contribution in [0, 0.1) is 0 Å². The van der Waals surface area contributed by atoms with Gasteiger partial charge in [-0.1, -0.05) is 58.4 Å². The molecule has 0 saturated heterocycles. The van der Waals surface area contributed by atoms with Gasteiger partial charge in [0.1, 0.15) is 0 Å². The molecule has 1 N–H and O–H groups in total. The number of methoxy groups -OCH3 is 2. The van der Waals surface area contributed by atoms with Crippen molar-refractivity contribution in [3.8, 4) is 11.5 Å². The normalized spacial score (nSPS) is 16.8. The molecule has 0 aromatic heterocycles. The standard InChI is InChI=1S/C29H24BrNO5/c1-35-26-12-7-18(13-27(26)36-2)17-31-24-11-10-22(30)15-23(24)29(34,28(31)33)16-25(32)21-9-8-19-5-3-4-6-20(19)14-21/h3-15,34H,16-17H2,1-2H3. The van der Waals surface area contributed by atoms with E-state index in [0.717, 1.165) is 16.3 Å². The van der Waals surface area contributed by atoms with E-state index in [9.17, 15) is 14.7 Å². The zero-order chi connectivity index (χ0) is 25.4. The molecule has 1 aliphatic heterocycles. The molecule has 1 atom stereocenters. The highest BCUT2D eigenvalue weighted by atomic mass is 79.9. The van der Waals surface area contributed by atoms with Crippen molar-refractivity contribution in [3.63, 3.8) is 0 Å². The summed E-state index contributed by atoms with van der Waals surface area (Å²) in [6, 6.07) is 23.8. The minimum absolute atomic E-state index is 0.195. The fourth-order valence-corrected chi connectivity index (χ4v) is 5.07. The SMILES string of the molecule is COc1ccc(CN2C(=O)C(O)(CC(=O)c3ccc4ccccc4c3)c3cc(Br)ccc32)cc1OC. The second kappa shape index (κ2) is 9.41. The number of hydrogen-bond donors (Lipinski definition) is 1. The average Bonchev–Trinajstić information content (AvgIpc) is 3.09. The number of Topliss-reactive ketones (excluding diaryl/α,β-unsaturated/α-hetero) is 1. The number of amides is 1. The summed E-state index contributed by atoms with van der Waals surface area (Å²) in [6.07, 6.45) is -0.365. The lowest BCUT2D eigenvalue weighted by molar-refractivity contribution is -0.136. The van der Waals surface area contributed by atoms with E-state index in [4.69, 9.17) is 9.47 Å². The third kappa shape index (κ3) is 4.14. The summed E-state index contributed by atoms with van der Waals surface area (Å²) < 4.78 is 11.4. The number of benzene rings is 4. The lowest BCUT2D eigenvalue weighted by Crippen LogP contribution is -2.41. The summed E-state index contributed by atoms with van der Waals surface area (Å²) in [6.45, 7) is 0.195. The van der Waals surface area contributed by atoms with E-state index in [1.54, 1.807) is 50.6 Å². The number of nitrogens with zero attached hydrogens (tertiary/aromatic N) is 1. The Morgan fingerprint density at radius 1 is 0.917 bits per heavy atom. The highest BCUT2D eigenvalue weighted by Gasteiger charge is 2.51. The van der Waals surface area contributed by atoms with Gasteiger partial charge in [0, 0.05) is 15.6 Å². The van der Waals surface area contributed by atoms with Crippen LogP contribution < -0.4 is 14.4 Å². The highest BCUT2D eigenvalue weighted by Crippen LogP contribution is 2.45. The smallest absolute Gasteiger partial charge is 0.264 e. The molecule has 0 bridgehead atoms. The first-order valence-electron chi connectivity index (χ1n) is 11.4. The summed E-state index contributed by atoms with van der Waals surface area (Å²) in [7, 11) is 3.11. The van der Waals surface area contributed by atoms with Gasteiger partial charge in [-0.15, -0.1) is 0 Å². The minimum atomic E-state index is -1.99. The Balaban J connectivity index is 1.49. The molecule has 7 heteroatoms. The molecule has 0 aliphatic carbocycles. The molecular weight excluding hydrogens is 522 g/mol. The van der Waals surface area contributed by atoms with Crippen LogP contribution in [0.5, 0.6) is 11.5 Å². The van der Waals surface area contributed by atoms with Gasteiger partial charge in [0.15, 0.2) is 22.9 Å². The molecule has 6 nitrogen and oxygen atoms in total. The number of carbonyl (C=O) groups excluding carboxylic acids is 2. The van der Waals surface area contributed by atoms with Crippen molar-refractivity contribution in [1.29, 1.82) is 0 Å². The Hall–Kier alpha value is -3.68. The maximum atomic E-state index is 13.7. The molecule has 1 unspecified atom stereocenters. The lowest BCUT2D eigenvalue weighted by atomic mass is 9.87. The van der Waals surface area contributed by atoms with Gasteiger partial charge in [-0.3, -0.25) is 9.59 Å². The zero-order valence-corrected chi connectivity index (χ0v) is 21.4. The van der Waals surface area contributed by atoms with Crippen molar-refractivity contribution in [3.05, 3.63) is 100 Å². The lowest BCUT2D eigenvalue weighted by Gasteiger charge is -2.23. The first-order valence-corrected chi connectivity index (χ1v) is 12.2. The number of carbonyl (C=O) groups is 2. The first-order chi connectivity index (χ1) is 17.3. The largest absolute Gasteiger partial charge is 0.493 e. The number of ether oxygens (including phenoxy) is 2. The molecular formula is C29H24BrNO5. The van der Waals surface area contributed by atoms with Gasteiger partial charge in [-0.2, -0.15) is 0 Å². The number of aliphatic hydroxyl groups is 1. The third-order valence-corrected chi connectivity index (χ3v) is 7.06. The monoisotopic (exact) mass is 545 g/mol. The molecule has 1 aliphatic rings. The van der Waals surface area contributed by atoms with Gasteiger partial charge < -0.3 is 19.5 Å². The van der Waals surface area contributed by atoms with Crippen LogP contribution in [0.4, 0.5) is 5.69 Å². The molecule has 0 radical (unpaired) electrons. The van der Waals surface area contributed by atoms with Crippen LogP contribution in [0.3, 0.4) is 0 Å². The van der Waals surface area contributed by atoms with Gasteiger partial charge in [0.25, 0.3) is 5.91 Å². The molecule has 182 valence electrons. The summed E-state index contributed by atoms with van der Waals surface area (Å²) in [5.74, 6) is 0.269. The van der Waals surface area contributed by atoms with Gasteiger partial charge >= 0.3 is 0 Å². The van der Waals surface area contributed by atoms with Crippen LogP contribution in [0.25, 0.3) is 10.8 Å². The van der Waals surface area contributed by atoms with Crippen LogP contribution in [-0.2, 0) is 16.9 Å². The summed E-state index contributed by atoms with van der Waals surface area (Å²) >= 11 is 3.44. The zero-order valence-electron chi connectivity index (χ0n) is 19.8. The Bertz CT molecular complexity index is 1500. The van der Waals surface area contributed by atoms with Crippen LogP contribution in [0.15, 0.2) is 83.3 Å². The Morgan fingerprint density at radius 3 is 2.42 bits per heavy atom. The quantitative estimate of drug-likeness (QED) is 0.305. The summed E-state index contributed by atoms with van der Waals surface area (Å²) in [5, 5.41) is 13.7. The molecule has 0 spiro atoms. The molecule has 0 fully saturated rings. The Labute approximate surface area is 217 Å². The predicted octanol–water partition coefficient (Wildman–Crippen LogP) is 5.63. The van der Waals surface area contributed by atoms with Crippen molar-refractivity contribution < 1.29 is 24.2 Å². The van der Waals surface area contributed by atoms with E-state index < -0.39 is 11.5 Å². The molecule has 1 amide bonds. The van der Waals surface area contributed by atoms with E-state index in [1.807, 2.05) is 42.5 Å². The molecule has 4 aromatic carbocycles. The maximum absolute atomic E-state index is 13.7. The fraction of sp³-hybridized carbons (Fsp3) is 0.172. The third-order valence-electron chi connectivity index (χ3n) is 6.57. The number of ketones is 1. The Kier molecular flexibility index (Phi) is 6.28. The number of fused-ring (bicyclic) bond motifs is 2. The van der Waals surface area contributed by atoms with Crippen LogP contribution >= 0.6 is 15.9 Å². The van der Waals surface area contributed by atoms with Gasteiger partial charge in [-0.05, 0) is 52.7 Å². The van der Waals surface area contributed by atoms with E-state index >= 15 is 0 Å². The second-order valence-corrected chi connectivity index (χ2v) is 9.68. The fourth-order valence-electron chi connectivity index (χ4n) is 4.71. The summed E-state index contributed by atoms with van der Waals surface area (Å²) in [5.41, 5.74) is 0.214. The molecule has 5 rings (SSSR count). The number of hydrogen-bond acceptors (Lipinski definition) is 5. The van der Waals surface area contributed by atoms with Gasteiger partial charge in [0.2, 0.25) is 0 Å². The number of rotatable bonds is 7. The molecule has 0 saturated carbocycles. The van der Waals surface area contributed by atoms with E-state index in [2.05, 4.69) is 15.9 Å².